The van der Waals surface area contributed by atoms with Crippen molar-refractivity contribution in [3.05, 3.63) is 39.3 Å². The molecule has 0 unspecified atom stereocenters. The molecule has 0 N–H and O–H groups in total. The molecule has 2 aromatic rings. The molecule has 0 atom stereocenters. The van der Waals surface area contributed by atoms with Crippen LogP contribution in [0.2, 0.25) is 0 Å². The summed E-state index contributed by atoms with van der Waals surface area (Å²) in [6.45, 7) is 0.258. The largest absolute Gasteiger partial charge is 0.483 e. The maximum atomic E-state index is 11.3. The molecule has 1 aromatic carbocycles. The lowest BCUT2D eigenvalue weighted by molar-refractivity contribution is 0.288. The molecule has 1 aromatic heterocycles. The number of ether oxygens (including phenoxy) is 1. The Morgan fingerprint density at radius 2 is 1.95 bits per heavy atom. The molecule has 0 radical (unpaired) electrons. The number of rotatable bonds is 4. The number of benzene rings is 1. The summed E-state index contributed by atoms with van der Waals surface area (Å²) in [7, 11) is 3.38. The average Bonchev–Trinajstić information content (AvgIpc) is 2.72. The number of imidazole rings is 1. The summed E-state index contributed by atoms with van der Waals surface area (Å²) in [6, 6.07) is 2.78. The van der Waals surface area contributed by atoms with Gasteiger partial charge < -0.3 is 9.30 Å². The Bertz CT molecular complexity index is 723. The molecule has 1 heterocycles. The standard InChI is InChI=1S/C11H9Br2ClN2O3S/c1-16-3-2-15-10(16)6-19-11-8(12)4-7(5-9(11)13)20(14,17)18/h2-5H,6H2,1H3. The molecule has 0 aliphatic rings. The number of hydrogen-bond acceptors (Lipinski definition) is 4. The zero-order valence-corrected chi connectivity index (χ0v) is 14.9. The van der Waals surface area contributed by atoms with Gasteiger partial charge in [0.2, 0.25) is 0 Å². The van der Waals surface area contributed by atoms with Crippen molar-refractivity contribution in [2.45, 2.75) is 11.5 Å². The lowest BCUT2D eigenvalue weighted by Crippen LogP contribution is -2.04. The van der Waals surface area contributed by atoms with Crippen molar-refractivity contribution in [1.29, 1.82) is 0 Å². The van der Waals surface area contributed by atoms with Gasteiger partial charge in [0.05, 0.1) is 13.8 Å². The van der Waals surface area contributed by atoms with Gasteiger partial charge in [0.15, 0.2) is 0 Å². The van der Waals surface area contributed by atoms with E-state index in [2.05, 4.69) is 36.8 Å². The van der Waals surface area contributed by atoms with E-state index in [4.69, 9.17) is 15.4 Å². The van der Waals surface area contributed by atoms with Gasteiger partial charge in [0.1, 0.15) is 18.2 Å². The van der Waals surface area contributed by atoms with Crippen molar-refractivity contribution in [3.63, 3.8) is 0 Å². The molecule has 0 saturated carbocycles. The Balaban J connectivity index is 2.27. The number of aromatic nitrogens is 2. The van der Waals surface area contributed by atoms with E-state index < -0.39 is 9.05 Å². The fourth-order valence-corrected chi connectivity index (χ4v) is 3.99. The van der Waals surface area contributed by atoms with E-state index in [0.717, 1.165) is 5.82 Å². The fraction of sp³-hybridized carbons (Fsp3) is 0.182. The van der Waals surface area contributed by atoms with E-state index in [9.17, 15) is 8.42 Å². The highest BCUT2D eigenvalue weighted by Gasteiger charge is 2.17. The van der Waals surface area contributed by atoms with Crippen LogP contribution in [0, 0.1) is 0 Å². The molecule has 2 rings (SSSR count). The second-order valence-corrected chi connectivity index (χ2v) is 8.17. The average molecular weight is 445 g/mol. The lowest BCUT2D eigenvalue weighted by Gasteiger charge is -2.11. The van der Waals surface area contributed by atoms with Gasteiger partial charge in [-0.3, -0.25) is 0 Å². The Hall–Kier alpha value is -0.570. The van der Waals surface area contributed by atoms with E-state index in [1.54, 1.807) is 6.20 Å². The van der Waals surface area contributed by atoms with Gasteiger partial charge in [-0.2, -0.15) is 0 Å². The topological polar surface area (TPSA) is 61.2 Å². The molecular formula is C11H9Br2ClN2O3S. The Morgan fingerprint density at radius 3 is 2.40 bits per heavy atom. The summed E-state index contributed by atoms with van der Waals surface area (Å²) in [5, 5.41) is 0. The molecule has 0 aliphatic heterocycles. The first-order valence-corrected chi connectivity index (χ1v) is 9.21. The second kappa shape index (κ2) is 6.05. The molecular weight excluding hydrogens is 435 g/mol. The molecule has 0 bridgehead atoms. The predicted octanol–water partition coefficient (Wildman–Crippen LogP) is 3.45. The third kappa shape index (κ3) is 3.55. The van der Waals surface area contributed by atoms with Crippen LogP contribution in [0.4, 0.5) is 0 Å². The van der Waals surface area contributed by atoms with Crippen LogP contribution in [0.3, 0.4) is 0 Å². The highest BCUT2D eigenvalue weighted by Crippen LogP contribution is 2.37. The van der Waals surface area contributed by atoms with Crippen molar-refractivity contribution in [2.24, 2.45) is 7.05 Å². The minimum absolute atomic E-state index is 0.0118. The van der Waals surface area contributed by atoms with Gasteiger partial charge in [0.25, 0.3) is 9.05 Å². The monoisotopic (exact) mass is 442 g/mol. The third-order valence-electron chi connectivity index (χ3n) is 2.52. The van der Waals surface area contributed by atoms with E-state index in [0.29, 0.717) is 14.7 Å². The molecule has 5 nitrogen and oxygen atoms in total. The minimum atomic E-state index is -3.79. The zero-order valence-electron chi connectivity index (χ0n) is 10.2. The Morgan fingerprint density at radius 1 is 1.35 bits per heavy atom. The second-order valence-electron chi connectivity index (χ2n) is 3.90. The first-order chi connectivity index (χ1) is 9.29. The molecule has 0 aliphatic carbocycles. The first-order valence-electron chi connectivity index (χ1n) is 5.31. The number of hydrogen-bond donors (Lipinski definition) is 0. The maximum absolute atomic E-state index is 11.3. The molecule has 20 heavy (non-hydrogen) atoms. The van der Waals surface area contributed by atoms with Gasteiger partial charge >= 0.3 is 0 Å². The summed E-state index contributed by atoms with van der Waals surface area (Å²) in [6.07, 6.45) is 3.48. The van der Waals surface area contributed by atoms with E-state index in [1.165, 1.54) is 12.1 Å². The number of aryl methyl sites for hydroxylation is 1. The predicted molar refractivity (Wildman–Crippen MR) is 82.4 cm³/mol. The molecule has 9 heteroatoms. The summed E-state index contributed by atoms with van der Waals surface area (Å²) in [4.78, 5) is 4.13. The molecule has 0 amide bonds. The Labute approximate surface area is 137 Å². The van der Waals surface area contributed by atoms with Crippen LogP contribution in [0.25, 0.3) is 0 Å². The summed E-state index contributed by atoms with van der Waals surface area (Å²) in [5.41, 5.74) is 0. The van der Waals surface area contributed by atoms with Crippen LogP contribution in [-0.2, 0) is 22.7 Å². The summed E-state index contributed by atoms with van der Waals surface area (Å²) in [5.74, 6) is 1.23. The van der Waals surface area contributed by atoms with Crippen LogP contribution in [0.5, 0.6) is 5.75 Å². The first kappa shape index (κ1) is 15.8. The maximum Gasteiger partial charge on any atom is 0.261 e. The van der Waals surface area contributed by atoms with Crippen LogP contribution < -0.4 is 4.74 Å². The smallest absolute Gasteiger partial charge is 0.261 e. The zero-order chi connectivity index (χ0) is 14.9. The van der Waals surface area contributed by atoms with Crippen molar-refractivity contribution in [1.82, 2.24) is 9.55 Å². The summed E-state index contributed by atoms with van der Waals surface area (Å²) < 4.78 is 31.1. The summed E-state index contributed by atoms with van der Waals surface area (Å²) >= 11 is 6.54. The highest BCUT2D eigenvalue weighted by molar-refractivity contribution is 9.11. The Kier molecular flexibility index (Phi) is 4.78. The van der Waals surface area contributed by atoms with Crippen LogP contribution >= 0.6 is 42.5 Å². The highest BCUT2D eigenvalue weighted by atomic mass is 79.9. The van der Waals surface area contributed by atoms with Crippen molar-refractivity contribution < 1.29 is 13.2 Å². The van der Waals surface area contributed by atoms with Gasteiger partial charge in [-0.25, -0.2) is 13.4 Å². The fourth-order valence-electron chi connectivity index (χ4n) is 1.49. The van der Waals surface area contributed by atoms with Crippen molar-refractivity contribution in [3.8, 4) is 5.75 Å². The number of nitrogens with zero attached hydrogens (tertiary/aromatic N) is 2. The SMILES string of the molecule is Cn1ccnc1COc1c(Br)cc(S(=O)(=O)Cl)cc1Br. The van der Waals surface area contributed by atoms with Crippen molar-refractivity contribution >= 4 is 51.6 Å². The van der Waals surface area contributed by atoms with E-state index in [1.807, 2.05) is 17.8 Å². The normalized spacial score (nSPS) is 11.6. The van der Waals surface area contributed by atoms with Crippen LogP contribution in [0.1, 0.15) is 5.82 Å². The lowest BCUT2D eigenvalue weighted by atomic mass is 10.3. The van der Waals surface area contributed by atoms with Crippen LogP contribution in [0.15, 0.2) is 38.4 Å². The molecule has 108 valence electrons. The van der Waals surface area contributed by atoms with Gasteiger partial charge in [0, 0.05) is 30.1 Å². The third-order valence-corrected chi connectivity index (χ3v) is 5.03. The molecule has 0 saturated heterocycles. The quantitative estimate of drug-likeness (QED) is 0.678. The van der Waals surface area contributed by atoms with Crippen LogP contribution in [-0.4, -0.2) is 18.0 Å². The van der Waals surface area contributed by atoms with Crippen molar-refractivity contribution in [2.75, 3.05) is 0 Å². The van der Waals surface area contributed by atoms with E-state index >= 15 is 0 Å². The van der Waals surface area contributed by atoms with E-state index in [-0.39, 0.29) is 11.5 Å². The van der Waals surface area contributed by atoms with Gasteiger partial charge in [-0.05, 0) is 44.0 Å². The van der Waals surface area contributed by atoms with Gasteiger partial charge in [-0.1, -0.05) is 0 Å². The minimum Gasteiger partial charge on any atom is -0.483 e. The molecule has 0 spiro atoms. The number of halogens is 3. The molecule has 0 fully saturated rings. The van der Waals surface area contributed by atoms with Gasteiger partial charge in [-0.15, -0.1) is 0 Å².